The van der Waals surface area contributed by atoms with Gasteiger partial charge in [0.05, 0.1) is 11.5 Å². The Bertz CT molecular complexity index is 534. The third-order valence-electron chi connectivity index (χ3n) is 2.49. The fourth-order valence-electron chi connectivity index (χ4n) is 1.60. The Hall–Kier alpha value is -1.56. The first kappa shape index (κ1) is 15.5. The van der Waals surface area contributed by atoms with Crippen molar-refractivity contribution in [2.75, 3.05) is 6.61 Å². The molecule has 0 heterocycles. The molecule has 5 nitrogen and oxygen atoms in total. The predicted molar refractivity (Wildman–Crippen MR) is 72.4 cm³/mol. The highest BCUT2D eigenvalue weighted by molar-refractivity contribution is 7.89. The number of carbonyl (C=O) groups excluding carboxylic acids is 1. The smallest absolute Gasteiger partial charge is 0.424 e. The van der Waals surface area contributed by atoms with E-state index in [1.54, 1.807) is 32.9 Å². The van der Waals surface area contributed by atoms with Gasteiger partial charge in [-0.05, 0) is 39.8 Å². The molecule has 1 aromatic carbocycles. The zero-order chi connectivity index (χ0) is 14.6. The van der Waals surface area contributed by atoms with Gasteiger partial charge in [-0.1, -0.05) is 17.7 Å². The molecule has 0 aliphatic rings. The number of benzene rings is 1. The van der Waals surface area contributed by atoms with Crippen molar-refractivity contribution in [1.82, 2.24) is 4.31 Å². The van der Waals surface area contributed by atoms with Crippen LogP contribution in [0, 0.1) is 6.92 Å². The first-order chi connectivity index (χ1) is 8.80. The van der Waals surface area contributed by atoms with Crippen LogP contribution < -0.4 is 0 Å². The first-order valence-corrected chi connectivity index (χ1v) is 7.52. The number of carbonyl (C=O) groups is 1. The molecule has 6 heteroatoms. The van der Waals surface area contributed by atoms with Crippen molar-refractivity contribution in [1.29, 1.82) is 0 Å². The van der Waals surface area contributed by atoms with E-state index in [1.165, 1.54) is 12.1 Å². The van der Waals surface area contributed by atoms with Crippen LogP contribution in [-0.2, 0) is 14.8 Å². The molecule has 0 spiro atoms. The van der Waals surface area contributed by atoms with Crippen LogP contribution in [0.3, 0.4) is 0 Å². The molecular formula is C13H19NO4S. The average Bonchev–Trinajstić information content (AvgIpc) is 2.28. The van der Waals surface area contributed by atoms with Gasteiger partial charge in [-0.15, -0.1) is 0 Å². The Balaban J connectivity index is 3.20. The molecule has 0 fully saturated rings. The van der Waals surface area contributed by atoms with Crippen molar-refractivity contribution in [2.45, 2.75) is 38.6 Å². The Labute approximate surface area is 114 Å². The summed E-state index contributed by atoms with van der Waals surface area (Å²) in [5, 5.41) is 0. The van der Waals surface area contributed by atoms with Crippen molar-refractivity contribution >= 4 is 16.1 Å². The first-order valence-electron chi connectivity index (χ1n) is 6.08. The lowest BCUT2D eigenvalue weighted by atomic mass is 10.2. The lowest BCUT2D eigenvalue weighted by molar-refractivity contribution is 0.124. The van der Waals surface area contributed by atoms with Crippen molar-refractivity contribution in [3.05, 3.63) is 29.8 Å². The third-order valence-corrected chi connectivity index (χ3v) is 4.45. The molecule has 0 bridgehead atoms. The van der Waals surface area contributed by atoms with Gasteiger partial charge in [0.15, 0.2) is 0 Å². The van der Waals surface area contributed by atoms with Crippen LogP contribution in [0.15, 0.2) is 29.2 Å². The molecule has 0 radical (unpaired) electrons. The van der Waals surface area contributed by atoms with Crippen molar-refractivity contribution in [3.8, 4) is 0 Å². The maximum absolute atomic E-state index is 12.4. The van der Waals surface area contributed by atoms with Crippen LogP contribution >= 0.6 is 0 Å². The number of aryl methyl sites for hydroxylation is 1. The number of amides is 1. The van der Waals surface area contributed by atoms with Crippen LogP contribution in [0.1, 0.15) is 26.3 Å². The van der Waals surface area contributed by atoms with Crippen molar-refractivity contribution < 1.29 is 17.9 Å². The molecule has 0 atom stereocenters. The van der Waals surface area contributed by atoms with Crippen LogP contribution in [0.25, 0.3) is 0 Å². The second-order valence-electron chi connectivity index (χ2n) is 4.41. The summed E-state index contributed by atoms with van der Waals surface area (Å²) in [6, 6.07) is 5.84. The normalized spacial score (nSPS) is 11.4. The summed E-state index contributed by atoms with van der Waals surface area (Å²) in [5.74, 6) is 0. The van der Waals surface area contributed by atoms with Crippen LogP contribution in [0.5, 0.6) is 0 Å². The van der Waals surface area contributed by atoms with E-state index in [-0.39, 0.29) is 11.5 Å². The molecule has 106 valence electrons. The molecule has 0 aliphatic carbocycles. The maximum Gasteiger partial charge on any atom is 0.424 e. The summed E-state index contributed by atoms with van der Waals surface area (Å²) in [5.41, 5.74) is 0.950. The quantitative estimate of drug-likeness (QED) is 0.853. The SMILES string of the molecule is CCOC(=O)N(C(C)C)S(=O)(=O)c1ccc(C)cc1. The second-order valence-corrected chi connectivity index (χ2v) is 6.22. The lowest BCUT2D eigenvalue weighted by Gasteiger charge is -2.25. The van der Waals surface area contributed by atoms with E-state index in [0.29, 0.717) is 0 Å². The highest BCUT2D eigenvalue weighted by Crippen LogP contribution is 2.19. The number of sulfonamides is 1. The summed E-state index contributed by atoms with van der Waals surface area (Å²) in [6.45, 7) is 6.88. The number of rotatable bonds is 4. The molecule has 0 saturated carbocycles. The van der Waals surface area contributed by atoms with E-state index in [9.17, 15) is 13.2 Å². The molecule has 0 aliphatic heterocycles. The number of ether oxygens (including phenoxy) is 1. The molecule has 1 amide bonds. The van der Waals surface area contributed by atoms with E-state index in [2.05, 4.69) is 0 Å². The van der Waals surface area contributed by atoms with Crippen LogP contribution in [-0.4, -0.2) is 31.5 Å². The van der Waals surface area contributed by atoms with Crippen molar-refractivity contribution in [3.63, 3.8) is 0 Å². The minimum atomic E-state index is -3.88. The molecular weight excluding hydrogens is 266 g/mol. The maximum atomic E-state index is 12.4. The van der Waals surface area contributed by atoms with Gasteiger partial charge in [-0.25, -0.2) is 13.2 Å². The Morgan fingerprint density at radius 3 is 2.21 bits per heavy atom. The van der Waals surface area contributed by atoms with E-state index in [4.69, 9.17) is 4.74 Å². The van der Waals surface area contributed by atoms with Crippen molar-refractivity contribution in [2.24, 2.45) is 0 Å². The molecule has 1 aromatic rings. The molecule has 19 heavy (non-hydrogen) atoms. The van der Waals surface area contributed by atoms with Crippen LogP contribution in [0.4, 0.5) is 4.79 Å². The largest absolute Gasteiger partial charge is 0.449 e. The Kier molecular flexibility index (Phi) is 4.94. The van der Waals surface area contributed by atoms with E-state index >= 15 is 0 Å². The van der Waals surface area contributed by atoms with Gasteiger partial charge in [0.25, 0.3) is 10.0 Å². The minimum absolute atomic E-state index is 0.0832. The summed E-state index contributed by atoms with van der Waals surface area (Å²) in [4.78, 5) is 11.9. The monoisotopic (exact) mass is 285 g/mol. The summed E-state index contributed by atoms with van der Waals surface area (Å²) in [6.07, 6.45) is -0.849. The molecule has 0 saturated heterocycles. The van der Waals surface area contributed by atoms with Gasteiger partial charge < -0.3 is 4.74 Å². The Morgan fingerprint density at radius 1 is 1.26 bits per heavy atom. The zero-order valence-electron chi connectivity index (χ0n) is 11.6. The van der Waals surface area contributed by atoms with Gasteiger partial charge in [0.1, 0.15) is 0 Å². The van der Waals surface area contributed by atoms with Gasteiger partial charge in [-0.3, -0.25) is 0 Å². The van der Waals surface area contributed by atoms with Gasteiger partial charge in [0, 0.05) is 6.04 Å². The minimum Gasteiger partial charge on any atom is -0.449 e. The zero-order valence-corrected chi connectivity index (χ0v) is 12.4. The third kappa shape index (κ3) is 3.47. The highest BCUT2D eigenvalue weighted by atomic mass is 32.2. The van der Waals surface area contributed by atoms with Gasteiger partial charge in [-0.2, -0.15) is 4.31 Å². The van der Waals surface area contributed by atoms with Gasteiger partial charge >= 0.3 is 6.09 Å². The topological polar surface area (TPSA) is 63.7 Å². The standard InChI is InChI=1S/C13H19NO4S/c1-5-18-13(15)14(10(2)3)19(16,17)12-8-6-11(4)7-9-12/h6-10H,5H2,1-4H3. The predicted octanol–water partition coefficient (Wildman–Crippen LogP) is 2.55. The Morgan fingerprint density at radius 2 is 1.79 bits per heavy atom. The van der Waals surface area contributed by atoms with E-state index in [1.807, 2.05) is 6.92 Å². The molecule has 0 unspecified atom stereocenters. The fourth-order valence-corrected chi connectivity index (χ4v) is 3.11. The summed E-state index contributed by atoms with van der Waals surface area (Å²) in [7, 11) is -3.88. The van der Waals surface area contributed by atoms with Crippen LogP contribution in [0.2, 0.25) is 0 Å². The summed E-state index contributed by atoms with van der Waals surface area (Å²) >= 11 is 0. The molecule has 0 N–H and O–H groups in total. The van der Waals surface area contributed by atoms with Gasteiger partial charge in [0.2, 0.25) is 0 Å². The molecule has 1 rings (SSSR count). The lowest BCUT2D eigenvalue weighted by Crippen LogP contribution is -2.42. The number of hydrogen-bond donors (Lipinski definition) is 0. The highest BCUT2D eigenvalue weighted by Gasteiger charge is 2.32. The number of nitrogens with zero attached hydrogens (tertiary/aromatic N) is 1. The second kappa shape index (κ2) is 6.06. The average molecular weight is 285 g/mol. The summed E-state index contributed by atoms with van der Waals surface area (Å²) < 4.78 is 30.4. The molecule has 0 aromatic heterocycles. The van der Waals surface area contributed by atoms with E-state index < -0.39 is 22.2 Å². The van der Waals surface area contributed by atoms with E-state index in [0.717, 1.165) is 9.87 Å². The fraction of sp³-hybridized carbons (Fsp3) is 0.462. The number of hydrogen-bond acceptors (Lipinski definition) is 4.